The monoisotopic (exact) mass is 176 g/mol. The summed E-state index contributed by atoms with van der Waals surface area (Å²) in [5.74, 6) is 0.146. The molecule has 1 atom stereocenters. The van der Waals surface area contributed by atoms with Gasteiger partial charge >= 0.3 is 0 Å². The van der Waals surface area contributed by atoms with Gasteiger partial charge < -0.3 is 4.74 Å². The highest BCUT2D eigenvalue weighted by Gasteiger charge is 2.37. The van der Waals surface area contributed by atoms with Crippen molar-refractivity contribution in [3.05, 3.63) is 0 Å². The molecular weight excluding hydrogens is 164 g/mol. The second kappa shape index (κ2) is 3.55. The van der Waals surface area contributed by atoms with Crippen molar-refractivity contribution in [2.24, 2.45) is 0 Å². The molecule has 1 aliphatic rings. The Balaban J connectivity index is 2.57. The predicted molar refractivity (Wildman–Crippen MR) is 43.9 cm³/mol. The van der Waals surface area contributed by atoms with E-state index >= 15 is 0 Å². The van der Waals surface area contributed by atoms with Crippen LogP contribution >= 0.6 is 11.6 Å². The molecular formula is C8H13ClO2. The van der Waals surface area contributed by atoms with E-state index in [1.54, 1.807) is 7.11 Å². The van der Waals surface area contributed by atoms with Gasteiger partial charge in [-0.25, -0.2) is 0 Å². The van der Waals surface area contributed by atoms with E-state index in [4.69, 9.17) is 16.3 Å². The van der Waals surface area contributed by atoms with Crippen molar-refractivity contribution in [1.82, 2.24) is 0 Å². The average Bonchev–Trinajstić information content (AvgIpc) is 1.96. The van der Waals surface area contributed by atoms with Crippen molar-refractivity contribution < 1.29 is 9.53 Å². The lowest BCUT2D eigenvalue weighted by Gasteiger charge is -2.28. The molecule has 0 aromatic heterocycles. The molecule has 0 aromatic rings. The number of alkyl halides is 1. The molecule has 0 saturated heterocycles. The fraction of sp³-hybridized carbons (Fsp3) is 0.875. The topological polar surface area (TPSA) is 26.3 Å². The molecule has 0 spiro atoms. The first-order valence-corrected chi connectivity index (χ1v) is 4.28. The van der Waals surface area contributed by atoms with Gasteiger partial charge in [-0.05, 0) is 12.8 Å². The Hall–Kier alpha value is -0.0800. The predicted octanol–water partition coefficient (Wildman–Crippen LogP) is 1.75. The van der Waals surface area contributed by atoms with Gasteiger partial charge in [0.2, 0.25) is 0 Å². The van der Waals surface area contributed by atoms with E-state index in [-0.39, 0.29) is 5.78 Å². The highest BCUT2D eigenvalue weighted by atomic mass is 35.5. The fourth-order valence-electron chi connectivity index (χ4n) is 1.44. The molecule has 1 fully saturated rings. The van der Waals surface area contributed by atoms with Crippen molar-refractivity contribution in [3.63, 3.8) is 0 Å². The van der Waals surface area contributed by atoms with Gasteiger partial charge in [0.05, 0.1) is 6.61 Å². The van der Waals surface area contributed by atoms with E-state index in [0.29, 0.717) is 13.0 Å². The number of rotatable bonds is 2. The minimum absolute atomic E-state index is 0.146. The molecule has 0 aliphatic heterocycles. The standard InChI is InChI=1S/C8H13ClO2/c1-11-6-8(9)5-3-2-4-7(8)10/h2-6H2,1H3. The summed E-state index contributed by atoms with van der Waals surface area (Å²) in [5.41, 5.74) is 0. The molecule has 0 amide bonds. The molecule has 0 N–H and O–H groups in total. The third kappa shape index (κ3) is 1.94. The first kappa shape index (κ1) is 9.01. The summed E-state index contributed by atoms with van der Waals surface area (Å²) in [5, 5.41) is 0. The Bertz CT molecular complexity index is 154. The van der Waals surface area contributed by atoms with Gasteiger partial charge in [-0.1, -0.05) is 6.42 Å². The summed E-state index contributed by atoms with van der Waals surface area (Å²) in [7, 11) is 1.58. The van der Waals surface area contributed by atoms with Crippen LogP contribution in [0.1, 0.15) is 25.7 Å². The number of hydrogen-bond donors (Lipinski definition) is 0. The average molecular weight is 177 g/mol. The fourth-order valence-corrected chi connectivity index (χ4v) is 1.77. The number of halogens is 1. The van der Waals surface area contributed by atoms with Gasteiger partial charge in [0, 0.05) is 13.5 Å². The van der Waals surface area contributed by atoms with Crippen molar-refractivity contribution in [1.29, 1.82) is 0 Å². The molecule has 0 heterocycles. The lowest BCUT2D eigenvalue weighted by Crippen LogP contribution is -2.39. The first-order valence-electron chi connectivity index (χ1n) is 3.90. The van der Waals surface area contributed by atoms with Crippen molar-refractivity contribution in [2.45, 2.75) is 30.6 Å². The smallest absolute Gasteiger partial charge is 0.156 e. The second-order valence-corrected chi connectivity index (χ2v) is 3.75. The largest absolute Gasteiger partial charge is 0.382 e. The Morgan fingerprint density at radius 1 is 1.64 bits per heavy atom. The minimum atomic E-state index is -0.701. The minimum Gasteiger partial charge on any atom is -0.382 e. The summed E-state index contributed by atoms with van der Waals surface area (Å²) in [6, 6.07) is 0. The van der Waals surface area contributed by atoms with Crippen LogP contribution < -0.4 is 0 Å². The third-order valence-corrected chi connectivity index (χ3v) is 2.61. The molecule has 1 aliphatic carbocycles. The summed E-state index contributed by atoms with van der Waals surface area (Å²) >= 11 is 6.05. The van der Waals surface area contributed by atoms with Crippen LogP contribution in [0.25, 0.3) is 0 Å². The number of carbonyl (C=O) groups is 1. The molecule has 0 bridgehead atoms. The SMILES string of the molecule is COCC1(Cl)CCCCC1=O. The van der Waals surface area contributed by atoms with E-state index in [9.17, 15) is 4.79 Å². The van der Waals surface area contributed by atoms with Crippen molar-refractivity contribution in [3.8, 4) is 0 Å². The van der Waals surface area contributed by atoms with E-state index < -0.39 is 4.87 Å². The Morgan fingerprint density at radius 3 is 2.91 bits per heavy atom. The van der Waals surface area contributed by atoms with E-state index in [0.717, 1.165) is 19.3 Å². The quantitative estimate of drug-likeness (QED) is 0.600. The zero-order valence-electron chi connectivity index (χ0n) is 6.73. The molecule has 11 heavy (non-hydrogen) atoms. The summed E-state index contributed by atoms with van der Waals surface area (Å²) in [4.78, 5) is 10.6. The molecule has 3 heteroatoms. The van der Waals surface area contributed by atoms with Gasteiger partial charge in [0.1, 0.15) is 4.87 Å². The van der Waals surface area contributed by atoms with Crippen LogP contribution in [0.15, 0.2) is 0 Å². The van der Waals surface area contributed by atoms with Crippen LogP contribution in [0.5, 0.6) is 0 Å². The Morgan fingerprint density at radius 2 is 2.36 bits per heavy atom. The normalized spacial score (nSPS) is 32.4. The summed E-state index contributed by atoms with van der Waals surface area (Å²) < 4.78 is 4.90. The lowest BCUT2D eigenvalue weighted by molar-refractivity contribution is -0.124. The van der Waals surface area contributed by atoms with E-state index in [1.165, 1.54) is 0 Å². The molecule has 0 radical (unpaired) electrons. The Kier molecular flexibility index (Phi) is 2.90. The number of Topliss-reactive ketones (excluding diaryl/α,β-unsaturated/α-hetero) is 1. The lowest BCUT2D eigenvalue weighted by atomic mass is 9.88. The van der Waals surface area contributed by atoms with E-state index in [1.807, 2.05) is 0 Å². The highest BCUT2D eigenvalue weighted by Crippen LogP contribution is 2.31. The molecule has 1 saturated carbocycles. The van der Waals surface area contributed by atoms with E-state index in [2.05, 4.69) is 0 Å². The van der Waals surface area contributed by atoms with Crippen LogP contribution in [0.3, 0.4) is 0 Å². The van der Waals surface area contributed by atoms with Gasteiger partial charge in [0.25, 0.3) is 0 Å². The maximum absolute atomic E-state index is 11.3. The van der Waals surface area contributed by atoms with Gasteiger partial charge in [0.15, 0.2) is 5.78 Å². The zero-order chi connectivity index (χ0) is 8.32. The molecule has 64 valence electrons. The summed E-state index contributed by atoms with van der Waals surface area (Å²) in [6.45, 7) is 0.355. The van der Waals surface area contributed by atoms with Crippen molar-refractivity contribution in [2.75, 3.05) is 13.7 Å². The number of hydrogen-bond acceptors (Lipinski definition) is 2. The number of ketones is 1. The van der Waals surface area contributed by atoms with Gasteiger partial charge in [-0.2, -0.15) is 0 Å². The van der Waals surface area contributed by atoms with Crippen LogP contribution in [-0.2, 0) is 9.53 Å². The number of carbonyl (C=O) groups excluding carboxylic acids is 1. The van der Waals surface area contributed by atoms with Gasteiger partial charge in [-0.15, -0.1) is 11.6 Å². The van der Waals surface area contributed by atoms with Crippen LogP contribution in [-0.4, -0.2) is 24.4 Å². The molecule has 2 nitrogen and oxygen atoms in total. The second-order valence-electron chi connectivity index (χ2n) is 3.03. The zero-order valence-corrected chi connectivity index (χ0v) is 7.49. The van der Waals surface area contributed by atoms with Gasteiger partial charge in [-0.3, -0.25) is 4.79 Å². The van der Waals surface area contributed by atoms with Crippen molar-refractivity contribution >= 4 is 17.4 Å². The molecule has 1 unspecified atom stereocenters. The number of methoxy groups -OCH3 is 1. The van der Waals surface area contributed by atoms with Crippen LogP contribution in [0.4, 0.5) is 0 Å². The Labute approximate surface area is 71.9 Å². The van der Waals surface area contributed by atoms with Crippen LogP contribution in [0, 0.1) is 0 Å². The third-order valence-electron chi connectivity index (χ3n) is 2.10. The highest BCUT2D eigenvalue weighted by molar-refractivity contribution is 6.35. The molecule has 1 rings (SSSR count). The first-order chi connectivity index (χ1) is 5.19. The maximum Gasteiger partial charge on any atom is 0.156 e. The maximum atomic E-state index is 11.3. The van der Waals surface area contributed by atoms with Crippen LogP contribution in [0.2, 0.25) is 0 Å². The molecule has 0 aromatic carbocycles. The summed E-state index contributed by atoms with van der Waals surface area (Å²) in [6.07, 6.45) is 3.41. The number of ether oxygens (including phenoxy) is 1.